The Morgan fingerprint density at radius 2 is 0.755 bits per heavy atom. The highest BCUT2D eigenvalue weighted by atomic mass is 16.6. The number of ether oxygens (including phenoxy) is 3. The Morgan fingerprint density at radius 1 is 0.459 bits per heavy atom. The second-order valence-electron chi connectivity index (χ2n) is 26.5. The van der Waals surface area contributed by atoms with E-state index >= 15 is 0 Å². The highest BCUT2D eigenvalue weighted by Gasteiger charge is 2.51. The number of carbonyl (C=O) groups excluding carboxylic acids is 13. The van der Waals surface area contributed by atoms with Crippen LogP contribution < -0.4 is 21.7 Å². The second kappa shape index (κ2) is 33.6. The number of nitrogens with two attached hydrogens (primary N) is 1. The van der Waals surface area contributed by atoms with Gasteiger partial charge in [-0.15, -0.1) is 0 Å². The Morgan fingerprint density at radius 3 is 1.05 bits per heavy atom. The van der Waals surface area contributed by atoms with Crippen molar-refractivity contribution in [2.45, 2.75) is 199 Å². The number of aryl methyl sites for hydroxylation is 3. The van der Waals surface area contributed by atoms with E-state index in [0.717, 1.165) is 96.4 Å². The van der Waals surface area contributed by atoms with Crippen molar-refractivity contribution >= 4 is 54.7 Å². The monoisotopic (exact) mass is 1360 g/mol. The van der Waals surface area contributed by atoms with Crippen molar-refractivity contribution in [1.29, 1.82) is 0 Å². The zero-order chi connectivity index (χ0) is 72.9. The van der Waals surface area contributed by atoms with Crippen LogP contribution in [-0.2, 0) is 101 Å². The molecule has 34 heteroatoms. The number of fused-ring (bicyclic) bond motifs is 2. The third-order valence-electron chi connectivity index (χ3n) is 14.7. The second-order valence-corrected chi connectivity index (χ2v) is 26.5. The minimum absolute atomic E-state index is 0.187. The minimum Gasteiger partial charge on any atom is -0.444 e. The number of amides is 5. The highest BCUT2D eigenvalue weighted by molar-refractivity contribution is 5.95. The van der Waals surface area contributed by atoms with E-state index in [-0.39, 0.29) is 60.7 Å². The molecule has 6 aliphatic rings. The van der Waals surface area contributed by atoms with Crippen LogP contribution in [0.4, 0.5) is 14.4 Å². The predicted octanol–water partition coefficient (Wildman–Crippen LogP) is 4.83. The zero-order valence-corrected chi connectivity index (χ0v) is 56.6. The molecule has 98 heavy (non-hydrogen) atoms. The van der Waals surface area contributed by atoms with Gasteiger partial charge in [-0.05, 0) is 157 Å². The van der Waals surface area contributed by atoms with Crippen molar-refractivity contribution in [2.24, 2.45) is 5.73 Å². The zero-order valence-electron chi connectivity index (χ0n) is 56.6. The molecule has 12 rings (SSSR count). The number of hydrogen-bond acceptors (Lipinski definition) is 27. The van der Waals surface area contributed by atoms with E-state index in [9.17, 15) is 24.0 Å². The molecule has 34 nitrogen and oxygen atoms in total. The molecule has 5 amide bonds. The predicted molar refractivity (Wildman–Crippen MR) is 332 cm³/mol. The van der Waals surface area contributed by atoms with E-state index in [1.54, 1.807) is 53.0 Å². The summed E-state index contributed by atoms with van der Waals surface area (Å²) in [6.07, 6.45) is 21.9. The van der Waals surface area contributed by atoms with Crippen LogP contribution in [0, 0.1) is 20.8 Å². The largest absolute Gasteiger partial charge is 0.444 e. The summed E-state index contributed by atoms with van der Waals surface area (Å²) in [6.45, 7) is 24.0. The fourth-order valence-corrected chi connectivity index (χ4v) is 9.40. The van der Waals surface area contributed by atoms with Crippen LogP contribution in [0.15, 0.2) is 55.6 Å². The molecule has 0 aromatic carbocycles. The topological polar surface area (TPSA) is 479 Å². The van der Waals surface area contributed by atoms with Crippen LogP contribution in [0.3, 0.4) is 0 Å². The van der Waals surface area contributed by atoms with Crippen LogP contribution in [0.25, 0.3) is 0 Å². The normalized spacial score (nSPS) is 15.9. The van der Waals surface area contributed by atoms with Crippen molar-refractivity contribution in [1.82, 2.24) is 86.0 Å². The standard InChI is InChI=1S/C20H26N6O3.C19H24N6O3.C13H19N3O2.C8H11N3.4CO2/c1-12-9-21-17(22-10-12)20(6-7-20)23-16(27)15-13-11-26(8-5-14(13)24-25-15)18(28)29-19(2,3)4;1-18(2,3)28-17(27)25-10-5-13-12(11-25)14(24-23-13)15(26)22-19(6-7-19)16-20-8-4-9-21-16;1-9-7-14-10(15-8-9)13(5-6-13)16-11(17)18-12(2,3)4;1-6-4-10-7(11-5-6)8(9)2-3-8;4*2-1-3/h9-10H,5-8,11H2,1-4H3,(H,23,27)(H,24,25);4,8-9H,5-7,10-11H2,1-3H3,(H,22,26)(H,23,24);7-8H,5-6H2,1-4H3,(H,16,17);4-5H,2-3,9H2,1H3;;;;. The van der Waals surface area contributed by atoms with Crippen LogP contribution in [0.2, 0.25) is 0 Å². The van der Waals surface area contributed by atoms with Gasteiger partial charge in [0, 0.05) is 98.0 Å². The molecule has 0 unspecified atom stereocenters. The number of rotatable bonds is 9. The summed E-state index contributed by atoms with van der Waals surface area (Å²) in [4.78, 5) is 165. The summed E-state index contributed by atoms with van der Waals surface area (Å²) in [5, 5.41) is 23.3. The number of nitrogens with one attached hydrogen (secondary N) is 5. The quantitative estimate of drug-likeness (QED) is 0.106. The van der Waals surface area contributed by atoms with Gasteiger partial charge in [-0.3, -0.25) is 19.8 Å². The lowest BCUT2D eigenvalue weighted by Crippen LogP contribution is -2.41. The van der Waals surface area contributed by atoms with Crippen molar-refractivity contribution in [2.75, 3.05) is 13.1 Å². The van der Waals surface area contributed by atoms with Gasteiger partial charge in [0.15, 0.2) is 28.9 Å². The molecule has 4 aliphatic carbocycles. The Kier molecular flexibility index (Phi) is 26.6. The number of hydrogen-bond donors (Lipinski definition) is 6. The van der Waals surface area contributed by atoms with Gasteiger partial charge >= 0.3 is 42.9 Å². The van der Waals surface area contributed by atoms with Crippen molar-refractivity contribution in [3.05, 3.63) is 130 Å². The average molecular weight is 1360 g/mol. The van der Waals surface area contributed by atoms with Crippen molar-refractivity contribution < 1.29 is 76.5 Å². The van der Waals surface area contributed by atoms with E-state index in [0.29, 0.717) is 61.3 Å². The van der Waals surface area contributed by atoms with E-state index < -0.39 is 39.5 Å². The van der Waals surface area contributed by atoms with Gasteiger partial charge in [-0.25, -0.2) is 54.3 Å². The molecule has 8 heterocycles. The molecule has 4 fully saturated rings. The first kappa shape index (κ1) is 77.7. The summed E-state index contributed by atoms with van der Waals surface area (Å²) < 4.78 is 16.2. The van der Waals surface area contributed by atoms with Crippen molar-refractivity contribution in [3.8, 4) is 0 Å². The highest BCUT2D eigenvalue weighted by Crippen LogP contribution is 2.46. The number of H-pyrrole nitrogens is 2. The molecule has 2 aliphatic heterocycles. The molecule has 0 atom stereocenters. The number of nitrogens with zero attached hydrogens (tertiary/aromatic N) is 12. The van der Waals surface area contributed by atoms with Gasteiger partial charge in [0.1, 0.15) is 39.2 Å². The smallest absolute Gasteiger partial charge is 0.410 e. The summed E-state index contributed by atoms with van der Waals surface area (Å²) in [6, 6.07) is 1.75. The molecule has 0 spiro atoms. The number of alkyl carbamates (subject to hydrolysis) is 1. The van der Waals surface area contributed by atoms with E-state index in [1.165, 1.54) is 0 Å². The third-order valence-corrected chi connectivity index (χ3v) is 14.7. The molecule has 4 saturated carbocycles. The number of carbonyl (C=O) groups is 5. The van der Waals surface area contributed by atoms with Gasteiger partial charge in [0.05, 0.1) is 18.6 Å². The van der Waals surface area contributed by atoms with Gasteiger partial charge < -0.3 is 45.7 Å². The maximum atomic E-state index is 13.0. The Bertz CT molecular complexity index is 3790. The fourth-order valence-electron chi connectivity index (χ4n) is 9.40. The Balaban J connectivity index is 0.000000232. The summed E-state index contributed by atoms with van der Waals surface area (Å²) in [7, 11) is 0. The Labute approximate surface area is 563 Å². The molecule has 7 N–H and O–H groups in total. The first-order valence-electron chi connectivity index (χ1n) is 30.8. The van der Waals surface area contributed by atoms with Gasteiger partial charge in [-0.2, -0.15) is 48.6 Å². The van der Waals surface area contributed by atoms with E-state index in [1.807, 2.05) is 95.5 Å². The summed E-state index contributed by atoms with van der Waals surface area (Å²) in [5.74, 6) is 2.13. The SMILES string of the molecule is CC(C)(C)OC(=O)N1CCc2[nH]nc(C(=O)NC3(c4ncccn4)CC3)c2C1.Cc1cnc(C2(N)CC2)nc1.Cc1cnc(C2(NC(=O)OC(C)(C)C)CC2)nc1.Cc1cnc(C2(NC(=O)c3n[nH]c4c3CN(C(=O)OC(C)(C)C)CC4)CC2)nc1.O=C=O.O=C=O.O=C=O.O=C=O. The molecule has 522 valence electrons. The molecule has 0 bridgehead atoms. The maximum absolute atomic E-state index is 13.0. The van der Waals surface area contributed by atoms with Crippen LogP contribution in [0.1, 0.15) is 197 Å². The van der Waals surface area contributed by atoms with Crippen LogP contribution in [0.5, 0.6) is 0 Å². The molecule has 0 saturated heterocycles. The van der Waals surface area contributed by atoms with Gasteiger partial charge in [0.25, 0.3) is 11.8 Å². The number of aromatic nitrogens is 12. The minimum atomic E-state index is -0.569. The van der Waals surface area contributed by atoms with Crippen LogP contribution >= 0.6 is 0 Å². The molecular formula is C64H80N18O16. The molecule has 6 aromatic heterocycles. The molecule has 6 aromatic rings. The Hall–Kier alpha value is -11.0. The maximum Gasteiger partial charge on any atom is 0.410 e. The average Bonchev–Trinajstić information content (AvgIpc) is 1.62. The lowest BCUT2D eigenvalue weighted by Gasteiger charge is -2.30. The van der Waals surface area contributed by atoms with Gasteiger partial charge in [-0.1, -0.05) is 0 Å². The van der Waals surface area contributed by atoms with E-state index in [2.05, 4.69) is 76.2 Å². The summed E-state index contributed by atoms with van der Waals surface area (Å²) >= 11 is 0. The summed E-state index contributed by atoms with van der Waals surface area (Å²) in [5.41, 5.74) is 9.52. The van der Waals surface area contributed by atoms with Gasteiger partial charge in [0.2, 0.25) is 0 Å². The fraction of sp³-hybridized carbons (Fsp3) is 0.516. The molecular weight excluding hydrogens is 1280 g/mol. The first-order valence-corrected chi connectivity index (χ1v) is 30.8. The lowest BCUT2D eigenvalue weighted by atomic mass is 10.0. The van der Waals surface area contributed by atoms with Crippen LogP contribution in [-0.4, -0.2) is 155 Å². The van der Waals surface area contributed by atoms with Crippen molar-refractivity contribution in [3.63, 3.8) is 0 Å². The third kappa shape index (κ3) is 23.1. The molecule has 0 radical (unpaired) electrons. The lowest BCUT2D eigenvalue weighted by molar-refractivity contribution is -0.193. The first-order chi connectivity index (χ1) is 46.1. The van der Waals surface area contributed by atoms with E-state index in [4.69, 9.17) is 58.3 Å². The number of aromatic amines is 2.